The van der Waals surface area contributed by atoms with Crippen molar-refractivity contribution >= 4 is 11.6 Å². The number of carbonyl (C=O) groups excluding carboxylic acids is 1. The molecule has 1 atom stereocenters. The average molecular weight is 401 g/mol. The molecular formula is C26H28N2O2. The van der Waals surface area contributed by atoms with Crippen molar-refractivity contribution in [3.8, 4) is 11.1 Å². The first-order chi connectivity index (χ1) is 14.7. The van der Waals surface area contributed by atoms with Gasteiger partial charge in [-0.25, -0.2) is 0 Å². The number of aliphatic hydroxyl groups excluding tert-OH is 1. The van der Waals surface area contributed by atoms with Crippen molar-refractivity contribution in [3.63, 3.8) is 0 Å². The molecule has 1 unspecified atom stereocenters. The Kier molecular flexibility index (Phi) is 6.57. The highest BCUT2D eigenvalue weighted by atomic mass is 16.3. The Morgan fingerprint density at radius 3 is 2.20 bits per heavy atom. The summed E-state index contributed by atoms with van der Waals surface area (Å²) in [6.07, 6.45) is 1.35. The fourth-order valence-corrected chi connectivity index (χ4v) is 4.20. The minimum atomic E-state index is -0.431. The number of rotatable bonds is 6. The fraction of sp³-hybridized carbons (Fsp3) is 0.269. The SMILES string of the molecule is O=C(CN1CCC(C(O)c2ccccc2)CC1)Nc1ccccc1-c1ccccc1. The van der Waals surface area contributed by atoms with Crippen LogP contribution in [0.5, 0.6) is 0 Å². The molecule has 1 heterocycles. The Morgan fingerprint density at radius 2 is 1.50 bits per heavy atom. The van der Waals surface area contributed by atoms with Crippen LogP contribution in [0, 0.1) is 5.92 Å². The zero-order valence-corrected chi connectivity index (χ0v) is 17.1. The van der Waals surface area contributed by atoms with Crippen LogP contribution in [-0.2, 0) is 4.79 Å². The Bertz CT molecular complexity index is 951. The van der Waals surface area contributed by atoms with Crippen molar-refractivity contribution in [3.05, 3.63) is 90.5 Å². The fourth-order valence-electron chi connectivity index (χ4n) is 4.20. The molecule has 0 spiro atoms. The summed E-state index contributed by atoms with van der Waals surface area (Å²) >= 11 is 0. The van der Waals surface area contributed by atoms with Crippen molar-refractivity contribution in [1.29, 1.82) is 0 Å². The van der Waals surface area contributed by atoms with E-state index >= 15 is 0 Å². The summed E-state index contributed by atoms with van der Waals surface area (Å²) in [6, 6.07) is 27.9. The lowest BCUT2D eigenvalue weighted by molar-refractivity contribution is -0.117. The predicted octanol–water partition coefficient (Wildman–Crippen LogP) is 4.74. The summed E-state index contributed by atoms with van der Waals surface area (Å²) in [4.78, 5) is 14.9. The van der Waals surface area contributed by atoms with Crippen LogP contribution in [-0.4, -0.2) is 35.5 Å². The van der Waals surface area contributed by atoms with Gasteiger partial charge in [-0.3, -0.25) is 9.69 Å². The van der Waals surface area contributed by atoms with E-state index in [4.69, 9.17) is 0 Å². The van der Waals surface area contributed by atoms with Crippen LogP contribution < -0.4 is 5.32 Å². The molecule has 1 fully saturated rings. The molecule has 0 aliphatic carbocycles. The first-order valence-corrected chi connectivity index (χ1v) is 10.6. The third-order valence-electron chi connectivity index (χ3n) is 5.87. The Balaban J connectivity index is 1.32. The van der Waals surface area contributed by atoms with Gasteiger partial charge in [0.15, 0.2) is 0 Å². The molecule has 0 aromatic heterocycles. The molecule has 3 aromatic rings. The molecule has 3 aromatic carbocycles. The number of anilines is 1. The van der Waals surface area contributed by atoms with Crippen LogP contribution in [0.15, 0.2) is 84.9 Å². The number of amides is 1. The molecule has 0 bridgehead atoms. The Hall–Kier alpha value is -2.95. The predicted molar refractivity (Wildman–Crippen MR) is 121 cm³/mol. The van der Waals surface area contributed by atoms with Crippen molar-refractivity contribution in [2.75, 3.05) is 25.0 Å². The van der Waals surface area contributed by atoms with Crippen LogP contribution in [0.3, 0.4) is 0 Å². The molecule has 1 aliphatic heterocycles. The molecule has 1 aliphatic rings. The second kappa shape index (κ2) is 9.70. The van der Waals surface area contributed by atoms with Gasteiger partial charge in [0.1, 0.15) is 0 Å². The molecule has 0 saturated carbocycles. The van der Waals surface area contributed by atoms with Crippen molar-refractivity contribution in [2.24, 2.45) is 5.92 Å². The molecule has 154 valence electrons. The van der Waals surface area contributed by atoms with E-state index in [9.17, 15) is 9.90 Å². The molecule has 30 heavy (non-hydrogen) atoms. The van der Waals surface area contributed by atoms with Gasteiger partial charge >= 0.3 is 0 Å². The minimum absolute atomic E-state index is 0.000406. The zero-order chi connectivity index (χ0) is 20.8. The van der Waals surface area contributed by atoms with Crippen molar-refractivity contribution in [1.82, 2.24) is 4.90 Å². The number of piperidine rings is 1. The van der Waals surface area contributed by atoms with Crippen LogP contribution in [0.25, 0.3) is 11.1 Å². The van der Waals surface area contributed by atoms with E-state index in [0.29, 0.717) is 6.54 Å². The smallest absolute Gasteiger partial charge is 0.238 e. The largest absolute Gasteiger partial charge is 0.388 e. The summed E-state index contributed by atoms with van der Waals surface area (Å²) < 4.78 is 0. The number of hydrogen-bond donors (Lipinski definition) is 2. The van der Waals surface area contributed by atoms with E-state index in [1.807, 2.05) is 84.9 Å². The summed E-state index contributed by atoms with van der Waals surface area (Å²) in [7, 11) is 0. The van der Waals surface area contributed by atoms with Gasteiger partial charge in [-0.05, 0) is 49.0 Å². The zero-order valence-electron chi connectivity index (χ0n) is 17.1. The number of benzene rings is 3. The maximum Gasteiger partial charge on any atom is 0.238 e. The van der Waals surface area contributed by atoms with E-state index in [1.54, 1.807) is 0 Å². The molecule has 1 saturated heterocycles. The first kappa shape index (κ1) is 20.3. The van der Waals surface area contributed by atoms with E-state index in [2.05, 4.69) is 10.2 Å². The second-order valence-electron chi connectivity index (χ2n) is 7.93. The number of hydrogen-bond acceptors (Lipinski definition) is 3. The number of para-hydroxylation sites is 1. The van der Waals surface area contributed by atoms with Gasteiger partial charge in [0.25, 0.3) is 0 Å². The van der Waals surface area contributed by atoms with Crippen LogP contribution in [0.4, 0.5) is 5.69 Å². The summed E-state index contributed by atoms with van der Waals surface area (Å²) in [6.45, 7) is 2.02. The van der Waals surface area contributed by atoms with Gasteiger partial charge < -0.3 is 10.4 Å². The van der Waals surface area contributed by atoms with Crippen LogP contribution in [0.1, 0.15) is 24.5 Å². The van der Waals surface area contributed by atoms with E-state index in [1.165, 1.54) is 0 Å². The minimum Gasteiger partial charge on any atom is -0.388 e. The highest BCUT2D eigenvalue weighted by Crippen LogP contribution is 2.31. The van der Waals surface area contributed by atoms with Gasteiger partial charge in [0, 0.05) is 11.3 Å². The van der Waals surface area contributed by atoms with E-state index in [-0.39, 0.29) is 11.8 Å². The molecule has 0 radical (unpaired) electrons. The molecule has 4 heteroatoms. The average Bonchev–Trinajstić information content (AvgIpc) is 2.80. The maximum atomic E-state index is 12.7. The number of aliphatic hydroxyl groups is 1. The number of carbonyl (C=O) groups is 1. The van der Waals surface area contributed by atoms with E-state index < -0.39 is 6.10 Å². The second-order valence-corrected chi connectivity index (χ2v) is 7.93. The van der Waals surface area contributed by atoms with E-state index in [0.717, 1.165) is 48.3 Å². The van der Waals surface area contributed by atoms with Gasteiger partial charge in [0.2, 0.25) is 5.91 Å². The lowest BCUT2D eigenvalue weighted by Crippen LogP contribution is -2.40. The monoisotopic (exact) mass is 400 g/mol. The molecule has 2 N–H and O–H groups in total. The number of nitrogens with one attached hydrogen (secondary N) is 1. The first-order valence-electron chi connectivity index (χ1n) is 10.6. The summed E-state index contributed by atoms with van der Waals surface area (Å²) in [5.41, 5.74) is 3.93. The standard InChI is InChI=1S/C26H28N2O2/c29-25(27-24-14-8-7-13-23(24)20-9-3-1-4-10-20)19-28-17-15-22(16-18-28)26(30)21-11-5-2-6-12-21/h1-14,22,26,30H,15-19H2,(H,27,29). The Labute approximate surface area is 178 Å². The number of likely N-dealkylation sites (tertiary alicyclic amines) is 1. The van der Waals surface area contributed by atoms with Gasteiger partial charge in [-0.15, -0.1) is 0 Å². The highest BCUT2D eigenvalue weighted by molar-refractivity contribution is 5.96. The van der Waals surface area contributed by atoms with Crippen LogP contribution in [0.2, 0.25) is 0 Å². The van der Waals surface area contributed by atoms with Gasteiger partial charge in [-0.2, -0.15) is 0 Å². The third kappa shape index (κ3) is 4.96. The van der Waals surface area contributed by atoms with Crippen LogP contribution >= 0.6 is 0 Å². The van der Waals surface area contributed by atoms with Gasteiger partial charge in [0.05, 0.1) is 12.6 Å². The lowest BCUT2D eigenvalue weighted by Gasteiger charge is -2.34. The Morgan fingerprint density at radius 1 is 0.900 bits per heavy atom. The molecular weight excluding hydrogens is 372 g/mol. The topological polar surface area (TPSA) is 52.6 Å². The van der Waals surface area contributed by atoms with Gasteiger partial charge in [-0.1, -0.05) is 78.9 Å². The van der Waals surface area contributed by atoms with Crippen molar-refractivity contribution in [2.45, 2.75) is 18.9 Å². The summed E-state index contributed by atoms with van der Waals surface area (Å²) in [5.74, 6) is 0.242. The van der Waals surface area contributed by atoms with Crippen molar-refractivity contribution < 1.29 is 9.90 Å². The maximum absolute atomic E-state index is 12.7. The highest BCUT2D eigenvalue weighted by Gasteiger charge is 2.27. The third-order valence-corrected chi connectivity index (χ3v) is 5.87. The molecule has 4 rings (SSSR count). The molecule has 1 amide bonds. The summed E-state index contributed by atoms with van der Waals surface area (Å²) in [5, 5.41) is 13.7. The lowest BCUT2D eigenvalue weighted by atomic mass is 9.87. The quantitative estimate of drug-likeness (QED) is 0.628. The molecule has 4 nitrogen and oxygen atoms in total. The number of nitrogens with zero attached hydrogens (tertiary/aromatic N) is 1. The normalized spacial score (nSPS) is 16.2.